The molecule has 1 heterocycles. The molecule has 1 aromatic carbocycles. The SMILES string of the molecule is Cl.NC1CCCC2CN(CC(=O)Nc3c(Cl)cc(Cl)cc3Cl)CC12. The molecule has 3 N–H and O–H groups in total. The summed E-state index contributed by atoms with van der Waals surface area (Å²) in [7, 11) is 0. The molecule has 1 saturated heterocycles. The molecule has 2 aliphatic rings. The van der Waals surface area contributed by atoms with Crippen molar-refractivity contribution in [1.82, 2.24) is 4.90 Å². The fourth-order valence-corrected chi connectivity index (χ4v) is 4.69. The Morgan fingerprint density at radius 2 is 1.88 bits per heavy atom. The molecule has 1 aliphatic carbocycles. The van der Waals surface area contributed by atoms with E-state index in [1.807, 2.05) is 0 Å². The van der Waals surface area contributed by atoms with Crippen LogP contribution in [0.15, 0.2) is 12.1 Å². The number of nitrogens with two attached hydrogens (primary N) is 1. The molecular formula is C16H21Cl4N3O. The number of nitrogens with zero attached hydrogens (tertiary/aromatic N) is 1. The Bertz CT molecular complexity index is 590. The van der Waals surface area contributed by atoms with Gasteiger partial charge >= 0.3 is 0 Å². The summed E-state index contributed by atoms with van der Waals surface area (Å²) in [6, 6.07) is 3.39. The summed E-state index contributed by atoms with van der Waals surface area (Å²) in [4.78, 5) is 14.5. The van der Waals surface area contributed by atoms with Crippen LogP contribution in [-0.2, 0) is 4.79 Å². The third-order valence-electron chi connectivity index (χ3n) is 4.87. The third-order valence-corrected chi connectivity index (χ3v) is 5.68. The number of fused-ring (bicyclic) bond motifs is 1. The van der Waals surface area contributed by atoms with Gasteiger partial charge in [-0.05, 0) is 36.8 Å². The molecule has 1 aliphatic heterocycles. The Labute approximate surface area is 163 Å². The molecule has 1 saturated carbocycles. The molecule has 24 heavy (non-hydrogen) atoms. The maximum atomic E-state index is 12.3. The average molecular weight is 413 g/mol. The third kappa shape index (κ3) is 4.48. The standard InChI is InChI=1S/C16H20Cl3N3O.ClH/c17-10-4-12(18)16(13(19)5-10)21-15(23)8-22-6-9-2-1-3-14(20)11(9)7-22;/h4-5,9,11,14H,1-3,6-8,20H2,(H,21,23);1H. The molecule has 3 atom stereocenters. The molecule has 1 aromatic rings. The second-order valence-corrected chi connectivity index (χ2v) is 7.76. The number of anilines is 1. The summed E-state index contributed by atoms with van der Waals surface area (Å²) in [6.07, 6.45) is 3.50. The zero-order valence-corrected chi connectivity index (χ0v) is 16.2. The van der Waals surface area contributed by atoms with E-state index in [9.17, 15) is 4.79 Å². The first kappa shape index (κ1) is 20.1. The molecule has 0 spiro atoms. The first-order chi connectivity index (χ1) is 10.9. The highest BCUT2D eigenvalue weighted by Gasteiger charge is 2.39. The summed E-state index contributed by atoms with van der Waals surface area (Å²) in [5.74, 6) is 1.01. The van der Waals surface area contributed by atoms with Gasteiger partial charge in [0.25, 0.3) is 0 Å². The monoisotopic (exact) mass is 411 g/mol. The van der Waals surface area contributed by atoms with Crippen LogP contribution >= 0.6 is 47.2 Å². The van der Waals surface area contributed by atoms with Crippen LogP contribution in [0.1, 0.15) is 19.3 Å². The van der Waals surface area contributed by atoms with Gasteiger partial charge in [-0.1, -0.05) is 41.2 Å². The Balaban J connectivity index is 0.00000208. The minimum Gasteiger partial charge on any atom is -0.327 e. The van der Waals surface area contributed by atoms with Crippen molar-refractivity contribution in [2.45, 2.75) is 25.3 Å². The average Bonchev–Trinajstić information content (AvgIpc) is 2.86. The minimum atomic E-state index is -0.122. The number of amides is 1. The summed E-state index contributed by atoms with van der Waals surface area (Å²) < 4.78 is 0. The highest BCUT2D eigenvalue weighted by Crippen LogP contribution is 2.36. The smallest absolute Gasteiger partial charge is 0.238 e. The van der Waals surface area contributed by atoms with Gasteiger partial charge in [0.1, 0.15) is 0 Å². The van der Waals surface area contributed by atoms with Gasteiger partial charge in [0.2, 0.25) is 5.91 Å². The molecule has 8 heteroatoms. The van der Waals surface area contributed by atoms with E-state index in [0.29, 0.717) is 39.1 Å². The quantitative estimate of drug-likeness (QED) is 0.786. The van der Waals surface area contributed by atoms with E-state index >= 15 is 0 Å². The van der Waals surface area contributed by atoms with Crippen LogP contribution < -0.4 is 11.1 Å². The van der Waals surface area contributed by atoms with Gasteiger partial charge in [-0.3, -0.25) is 9.69 Å². The second-order valence-electron chi connectivity index (χ2n) is 6.51. The highest BCUT2D eigenvalue weighted by atomic mass is 35.5. The summed E-state index contributed by atoms with van der Waals surface area (Å²) in [5.41, 5.74) is 6.63. The normalized spacial score (nSPS) is 26.6. The van der Waals surface area contributed by atoms with Crippen molar-refractivity contribution in [2.75, 3.05) is 25.0 Å². The molecule has 1 amide bonds. The van der Waals surface area contributed by atoms with Gasteiger partial charge in [-0.25, -0.2) is 0 Å². The zero-order valence-electron chi connectivity index (χ0n) is 13.1. The summed E-state index contributed by atoms with van der Waals surface area (Å²) >= 11 is 18.1. The Morgan fingerprint density at radius 3 is 2.50 bits per heavy atom. The predicted octanol–water partition coefficient (Wildman–Crippen LogP) is 4.07. The van der Waals surface area contributed by atoms with Crippen molar-refractivity contribution in [3.63, 3.8) is 0 Å². The highest BCUT2D eigenvalue weighted by molar-refractivity contribution is 6.42. The van der Waals surface area contributed by atoms with E-state index in [0.717, 1.165) is 19.5 Å². The predicted molar refractivity (Wildman–Crippen MR) is 103 cm³/mol. The fourth-order valence-electron chi connectivity index (χ4n) is 3.78. The van der Waals surface area contributed by atoms with Crippen LogP contribution in [0.25, 0.3) is 0 Å². The van der Waals surface area contributed by atoms with Crippen molar-refractivity contribution < 1.29 is 4.79 Å². The Hall–Kier alpha value is -0.230. The fraction of sp³-hybridized carbons (Fsp3) is 0.562. The van der Waals surface area contributed by atoms with E-state index in [-0.39, 0.29) is 24.4 Å². The van der Waals surface area contributed by atoms with E-state index < -0.39 is 0 Å². The number of hydrogen-bond donors (Lipinski definition) is 2. The molecule has 134 valence electrons. The maximum Gasteiger partial charge on any atom is 0.238 e. The zero-order chi connectivity index (χ0) is 16.6. The largest absolute Gasteiger partial charge is 0.327 e. The lowest BCUT2D eigenvalue weighted by molar-refractivity contribution is -0.117. The van der Waals surface area contributed by atoms with Gasteiger partial charge in [0.05, 0.1) is 22.3 Å². The number of hydrogen-bond acceptors (Lipinski definition) is 3. The van der Waals surface area contributed by atoms with E-state index in [1.165, 1.54) is 12.8 Å². The number of carbonyl (C=O) groups is 1. The maximum absolute atomic E-state index is 12.3. The Morgan fingerprint density at radius 1 is 1.21 bits per heavy atom. The van der Waals surface area contributed by atoms with Gasteiger partial charge in [0, 0.05) is 24.2 Å². The number of carbonyl (C=O) groups excluding carboxylic acids is 1. The number of rotatable bonds is 3. The lowest BCUT2D eigenvalue weighted by atomic mass is 9.78. The van der Waals surface area contributed by atoms with Crippen molar-refractivity contribution in [1.29, 1.82) is 0 Å². The molecule has 3 unspecified atom stereocenters. The molecular weight excluding hydrogens is 392 g/mol. The Kier molecular flexibility index (Phi) is 7.06. The van der Waals surface area contributed by atoms with Crippen molar-refractivity contribution in [3.05, 3.63) is 27.2 Å². The minimum absolute atomic E-state index is 0. The van der Waals surface area contributed by atoms with Crippen LogP contribution in [-0.4, -0.2) is 36.5 Å². The van der Waals surface area contributed by atoms with Gasteiger partial charge in [-0.2, -0.15) is 0 Å². The molecule has 0 aromatic heterocycles. The van der Waals surface area contributed by atoms with Crippen LogP contribution in [0, 0.1) is 11.8 Å². The number of halogens is 4. The first-order valence-electron chi connectivity index (χ1n) is 7.86. The summed E-state index contributed by atoms with van der Waals surface area (Å²) in [5, 5.41) is 3.91. The summed E-state index contributed by atoms with van der Waals surface area (Å²) in [6.45, 7) is 2.16. The van der Waals surface area contributed by atoms with Crippen molar-refractivity contribution in [3.8, 4) is 0 Å². The topological polar surface area (TPSA) is 58.4 Å². The first-order valence-corrected chi connectivity index (χ1v) is 8.99. The van der Waals surface area contributed by atoms with E-state index in [2.05, 4.69) is 10.2 Å². The number of benzene rings is 1. The number of nitrogens with one attached hydrogen (secondary N) is 1. The van der Waals surface area contributed by atoms with Crippen LogP contribution in [0.2, 0.25) is 15.1 Å². The molecule has 0 radical (unpaired) electrons. The van der Waals surface area contributed by atoms with Crippen LogP contribution in [0.3, 0.4) is 0 Å². The van der Waals surface area contributed by atoms with Crippen LogP contribution in [0.5, 0.6) is 0 Å². The second kappa shape index (κ2) is 8.43. The molecule has 2 fully saturated rings. The molecule has 0 bridgehead atoms. The van der Waals surface area contributed by atoms with E-state index in [4.69, 9.17) is 40.5 Å². The lowest BCUT2D eigenvalue weighted by Crippen LogP contribution is -2.38. The number of likely N-dealkylation sites (tertiary alicyclic amines) is 1. The van der Waals surface area contributed by atoms with Crippen molar-refractivity contribution >= 4 is 58.8 Å². The van der Waals surface area contributed by atoms with Crippen molar-refractivity contribution in [2.24, 2.45) is 17.6 Å². The molecule has 3 rings (SSSR count). The van der Waals surface area contributed by atoms with E-state index in [1.54, 1.807) is 12.1 Å². The lowest BCUT2D eigenvalue weighted by Gasteiger charge is -2.29. The van der Waals surface area contributed by atoms with Gasteiger partial charge < -0.3 is 11.1 Å². The van der Waals surface area contributed by atoms with Gasteiger partial charge in [0.15, 0.2) is 0 Å². The molecule has 4 nitrogen and oxygen atoms in total. The van der Waals surface area contributed by atoms with Crippen LogP contribution in [0.4, 0.5) is 5.69 Å². The van der Waals surface area contributed by atoms with Gasteiger partial charge in [-0.15, -0.1) is 12.4 Å².